The molecule has 3 amide bonds. The number of nitrogens with one attached hydrogen (secondary N) is 2. The number of methoxy groups -OCH3 is 1. The van der Waals surface area contributed by atoms with Gasteiger partial charge in [-0.25, -0.2) is 9.18 Å². The number of hydrogen-bond acceptors (Lipinski definition) is 5. The third-order valence-electron chi connectivity index (χ3n) is 4.51. The van der Waals surface area contributed by atoms with E-state index >= 15 is 0 Å². The molecule has 1 atom stereocenters. The number of halogens is 2. The summed E-state index contributed by atoms with van der Waals surface area (Å²) in [5.74, 6) is -0.0955. The van der Waals surface area contributed by atoms with E-state index in [4.69, 9.17) is 9.26 Å². The van der Waals surface area contributed by atoms with Crippen molar-refractivity contribution in [3.05, 3.63) is 57.1 Å². The van der Waals surface area contributed by atoms with Crippen LogP contribution < -0.4 is 10.6 Å². The third-order valence-corrected chi connectivity index (χ3v) is 5.11. The van der Waals surface area contributed by atoms with Crippen molar-refractivity contribution < 1.29 is 23.2 Å². The molecule has 1 unspecified atom stereocenters. The first-order valence-electron chi connectivity index (χ1n) is 8.79. The number of hydrogen-bond donors (Lipinski definition) is 2. The quantitative estimate of drug-likeness (QED) is 0.678. The van der Waals surface area contributed by atoms with Crippen LogP contribution in [0.2, 0.25) is 0 Å². The van der Waals surface area contributed by atoms with Crippen molar-refractivity contribution in [2.45, 2.75) is 19.9 Å². The van der Waals surface area contributed by atoms with Gasteiger partial charge >= 0.3 is 6.03 Å². The van der Waals surface area contributed by atoms with Gasteiger partial charge in [0.1, 0.15) is 11.6 Å². The van der Waals surface area contributed by atoms with Crippen molar-refractivity contribution in [2.24, 2.45) is 0 Å². The van der Waals surface area contributed by atoms with Crippen molar-refractivity contribution in [1.29, 1.82) is 0 Å². The highest BCUT2D eigenvalue weighted by Crippen LogP contribution is 2.33. The molecule has 29 heavy (non-hydrogen) atoms. The number of carbonyl (C=O) groups excluding carboxylic acids is 2. The molecule has 0 radical (unpaired) electrons. The highest BCUT2D eigenvalue weighted by atomic mass is 79.9. The Hall–Kier alpha value is -2.72. The second-order valence-corrected chi connectivity index (χ2v) is 7.33. The maximum absolute atomic E-state index is 13.7. The van der Waals surface area contributed by atoms with Crippen LogP contribution in [0.25, 0.3) is 0 Å². The van der Waals surface area contributed by atoms with Crippen molar-refractivity contribution in [1.82, 2.24) is 15.4 Å². The smallest absolute Gasteiger partial charge is 0.322 e. The molecule has 0 fully saturated rings. The summed E-state index contributed by atoms with van der Waals surface area (Å²) >= 11 is 3.15. The topological polar surface area (TPSA) is 96.7 Å². The summed E-state index contributed by atoms with van der Waals surface area (Å²) < 4.78 is 24.0. The van der Waals surface area contributed by atoms with Crippen LogP contribution in [0, 0.1) is 12.7 Å². The lowest BCUT2D eigenvalue weighted by atomic mass is 9.94. The largest absolute Gasteiger partial charge is 0.383 e. The lowest BCUT2D eigenvalue weighted by Crippen LogP contribution is -2.49. The molecule has 1 aromatic heterocycles. The zero-order valence-electron chi connectivity index (χ0n) is 16.1. The fraction of sp³-hybridized carbons (Fsp3) is 0.316. The Balaban J connectivity index is 2.02. The zero-order chi connectivity index (χ0) is 21.1. The van der Waals surface area contributed by atoms with Crippen LogP contribution in [0.1, 0.15) is 24.3 Å². The highest BCUT2D eigenvalue weighted by molar-refractivity contribution is 9.10. The lowest BCUT2D eigenvalue weighted by Gasteiger charge is -2.35. The molecule has 8 nitrogen and oxygen atoms in total. The Bertz CT molecular complexity index is 975. The second-order valence-electron chi connectivity index (χ2n) is 6.48. The van der Waals surface area contributed by atoms with Gasteiger partial charge in [0.2, 0.25) is 0 Å². The summed E-state index contributed by atoms with van der Waals surface area (Å²) in [6, 6.07) is 4.77. The number of rotatable bonds is 6. The van der Waals surface area contributed by atoms with Gasteiger partial charge in [0.25, 0.3) is 5.91 Å². The number of aromatic nitrogens is 1. The van der Waals surface area contributed by atoms with Crippen molar-refractivity contribution >= 4 is 33.7 Å². The minimum Gasteiger partial charge on any atom is -0.383 e. The molecule has 2 N–H and O–H groups in total. The maximum atomic E-state index is 13.7. The van der Waals surface area contributed by atoms with Crippen LogP contribution in [-0.4, -0.2) is 42.3 Å². The van der Waals surface area contributed by atoms with E-state index in [-0.39, 0.29) is 22.9 Å². The SMILES string of the molecule is COCCN1C(=O)NC(c2ccc(F)c(Br)c2)C(C(=O)Nc2cc(C)on2)=C1C. The molecule has 0 saturated carbocycles. The number of carbonyl (C=O) groups is 2. The molecule has 0 aliphatic carbocycles. The van der Waals surface area contributed by atoms with Crippen molar-refractivity contribution in [3.63, 3.8) is 0 Å². The van der Waals surface area contributed by atoms with E-state index in [1.54, 1.807) is 19.9 Å². The van der Waals surface area contributed by atoms with Gasteiger partial charge in [0.05, 0.1) is 29.2 Å². The first kappa shape index (κ1) is 21.0. The van der Waals surface area contributed by atoms with E-state index < -0.39 is 17.8 Å². The van der Waals surface area contributed by atoms with E-state index in [1.165, 1.54) is 30.2 Å². The number of anilines is 1. The van der Waals surface area contributed by atoms with Crippen LogP contribution in [0.15, 0.2) is 44.5 Å². The van der Waals surface area contributed by atoms with E-state index in [0.29, 0.717) is 29.2 Å². The van der Waals surface area contributed by atoms with Crippen LogP contribution in [-0.2, 0) is 9.53 Å². The van der Waals surface area contributed by atoms with Gasteiger partial charge < -0.3 is 19.9 Å². The number of nitrogens with zero attached hydrogens (tertiary/aromatic N) is 2. The van der Waals surface area contributed by atoms with Crippen molar-refractivity contribution in [2.75, 3.05) is 25.6 Å². The Labute approximate surface area is 175 Å². The van der Waals surface area contributed by atoms with Crippen LogP contribution in [0.5, 0.6) is 0 Å². The summed E-state index contributed by atoms with van der Waals surface area (Å²) in [5, 5.41) is 9.27. The zero-order valence-corrected chi connectivity index (χ0v) is 17.7. The first-order chi connectivity index (χ1) is 13.8. The molecule has 0 saturated heterocycles. The molecule has 2 heterocycles. The van der Waals surface area contributed by atoms with Gasteiger partial charge in [-0.1, -0.05) is 11.2 Å². The number of urea groups is 1. The number of allylic oxidation sites excluding steroid dienone is 1. The molecule has 0 bridgehead atoms. The fourth-order valence-corrected chi connectivity index (χ4v) is 3.47. The Morgan fingerprint density at radius 3 is 2.79 bits per heavy atom. The Morgan fingerprint density at radius 1 is 1.41 bits per heavy atom. The predicted octanol–water partition coefficient (Wildman–Crippen LogP) is 3.51. The van der Waals surface area contributed by atoms with Gasteiger partial charge in [-0.05, 0) is 47.5 Å². The predicted molar refractivity (Wildman–Crippen MR) is 107 cm³/mol. The summed E-state index contributed by atoms with van der Waals surface area (Å²) in [6.07, 6.45) is 0. The number of aryl methyl sites for hydroxylation is 1. The number of amides is 3. The normalized spacial score (nSPS) is 16.8. The molecule has 1 aromatic carbocycles. The molecular weight excluding hydrogens is 447 g/mol. The molecular formula is C19H20BrFN4O4. The van der Waals surface area contributed by atoms with E-state index in [2.05, 4.69) is 31.7 Å². The molecule has 0 spiro atoms. The first-order valence-corrected chi connectivity index (χ1v) is 9.58. The van der Waals surface area contributed by atoms with Gasteiger partial charge in [0.15, 0.2) is 5.82 Å². The fourth-order valence-electron chi connectivity index (χ4n) is 3.08. The summed E-state index contributed by atoms with van der Waals surface area (Å²) in [5.41, 5.74) is 1.33. The van der Waals surface area contributed by atoms with Crippen LogP contribution in [0.3, 0.4) is 0 Å². The molecule has 3 rings (SSSR count). The molecule has 154 valence electrons. The van der Waals surface area contributed by atoms with E-state index in [9.17, 15) is 14.0 Å². The standard InChI is InChI=1S/C19H20BrFN4O4/c1-10-8-15(24-29-10)22-18(26)16-11(2)25(6-7-28-3)19(27)23-17(16)12-4-5-14(21)13(20)9-12/h4-5,8-9,17H,6-7H2,1-3H3,(H,23,27)(H,22,24,26). The van der Waals surface area contributed by atoms with Gasteiger partial charge in [-0.2, -0.15) is 0 Å². The van der Waals surface area contributed by atoms with E-state index in [1.807, 2.05) is 0 Å². The van der Waals surface area contributed by atoms with E-state index in [0.717, 1.165) is 0 Å². The average molecular weight is 467 g/mol. The molecule has 1 aliphatic heterocycles. The van der Waals surface area contributed by atoms with Gasteiger partial charge in [0, 0.05) is 18.9 Å². The molecule has 2 aromatic rings. The monoisotopic (exact) mass is 466 g/mol. The van der Waals surface area contributed by atoms with Crippen LogP contribution in [0.4, 0.5) is 15.0 Å². The Morgan fingerprint density at radius 2 is 2.17 bits per heavy atom. The van der Waals surface area contributed by atoms with Gasteiger partial charge in [-0.15, -0.1) is 0 Å². The number of ether oxygens (including phenoxy) is 1. The molecule has 10 heteroatoms. The summed E-state index contributed by atoms with van der Waals surface area (Å²) in [6.45, 7) is 3.96. The molecule has 1 aliphatic rings. The third kappa shape index (κ3) is 4.48. The Kier molecular flexibility index (Phi) is 6.33. The minimum absolute atomic E-state index is 0.232. The maximum Gasteiger partial charge on any atom is 0.322 e. The number of benzene rings is 1. The second kappa shape index (κ2) is 8.75. The van der Waals surface area contributed by atoms with Crippen molar-refractivity contribution in [3.8, 4) is 0 Å². The average Bonchev–Trinajstić information content (AvgIpc) is 3.07. The highest BCUT2D eigenvalue weighted by Gasteiger charge is 2.36. The lowest BCUT2D eigenvalue weighted by molar-refractivity contribution is -0.113. The minimum atomic E-state index is -0.772. The van der Waals surface area contributed by atoms with Crippen LogP contribution >= 0.6 is 15.9 Å². The van der Waals surface area contributed by atoms with Gasteiger partial charge in [-0.3, -0.25) is 9.69 Å². The summed E-state index contributed by atoms with van der Waals surface area (Å²) in [7, 11) is 1.53. The summed E-state index contributed by atoms with van der Waals surface area (Å²) in [4.78, 5) is 27.2.